The minimum atomic E-state index is -0.301. The monoisotopic (exact) mass is 423 g/mol. The average Bonchev–Trinajstić information content (AvgIpc) is 3.09. The average molecular weight is 424 g/mol. The van der Waals surface area contributed by atoms with Crippen molar-refractivity contribution in [1.29, 1.82) is 0 Å². The van der Waals surface area contributed by atoms with Crippen molar-refractivity contribution in [1.82, 2.24) is 20.5 Å². The Balaban J connectivity index is 2.06. The van der Waals surface area contributed by atoms with Gasteiger partial charge in [-0.15, -0.1) is 11.3 Å². The van der Waals surface area contributed by atoms with Gasteiger partial charge >= 0.3 is 5.97 Å². The smallest absolute Gasteiger partial charge is 0.350 e. The fourth-order valence-corrected chi connectivity index (χ4v) is 4.41. The van der Waals surface area contributed by atoms with E-state index in [4.69, 9.17) is 9.73 Å². The van der Waals surface area contributed by atoms with Crippen molar-refractivity contribution in [2.75, 3.05) is 32.8 Å². The van der Waals surface area contributed by atoms with E-state index in [0.29, 0.717) is 17.2 Å². The van der Waals surface area contributed by atoms with Crippen LogP contribution in [0.3, 0.4) is 0 Å². The highest BCUT2D eigenvalue weighted by molar-refractivity contribution is 7.13. The highest BCUT2D eigenvalue weighted by Crippen LogP contribution is 2.25. The van der Waals surface area contributed by atoms with Crippen LogP contribution < -0.4 is 10.6 Å². The molecule has 0 bridgehead atoms. The Hall–Kier alpha value is -1.67. The molecule has 164 valence electrons. The van der Waals surface area contributed by atoms with Gasteiger partial charge in [-0.3, -0.25) is 9.89 Å². The molecule has 0 spiro atoms. The lowest BCUT2D eigenvalue weighted by Gasteiger charge is -2.40. The molecule has 1 aromatic heterocycles. The molecule has 1 saturated heterocycles. The van der Waals surface area contributed by atoms with Crippen LogP contribution in [0.4, 0.5) is 0 Å². The highest BCUT2D eigenvalue weighted by atomic mass is 32.1. The Morgan fingerprint density at radius 3 is 2.62 bits per heavy atom. The molecule has 0 aromatic carbocycles. The normalized spacial score (nSPS) is 17.1. The van der Waals surface area contributed by atoms with Crippen LogP contribution in [0.5, 0.6) is 0 Å². The third-order valence-corrected chi connectivity index (χ3v) is 6.50. The molecule has 1 aromatic rings. The minimum absolute atomic E-state index is 0.0286. The van der Waals surface area contributed by atoms with Gasteiger partial charge in [-0.1, -0.05) is 6.42 Å². The maximum atomic E-state index is 12.1. The van der Waals surface area contributed by atoms with Crippen LogP contribution >= 0.6 is 11.3 Å². The summed E-state index contributed by atoms with van der Waals surface area (Å²) in [5.74, 6) is 0.473. The third-order valence-electron chi connectivity index (χ3n) is 5.18. The summed E-state index contributed by atoms with van der Waals surface area (Å²) in [4.78, 5) is 24.6. The summed E-state index contributed by atoms with van der Waals surface area (Å²) >= 11 is 1.38. The quantitative estimate of drug-likeness (QED) is 0.378. The summed E-state index contributed by atoms with van der Waals surface area (Å²) in [5, 5.41) is 7.62. The summed E-state index contributed by atoms with van der Waals surface area (Å²) in [6.45, 7) is 16.5. The maximum Gasteiger partial charge on any atom is 0.350 e. The van der Waals surface area contributed by atoms with Crippen LogP contribution in [0.2, 0.25) is 0 Å². The van der Waals surface area contributed by atoms with E-state index in [2.05, 4.69) is 41.3 Å². The van der Waals surface area contributed by atoms with Gasteiger partial charge in [0.25, 0.3) is 0 Å². The molecule has 29 heavy (non-hydrogen) atoms. The van der Waals surface area contributed by atoms with Crippen molar-refractivity contribution in [3.63, 3.8) is 0 Å². The molecule has 0 amide bonds. The van der Waals surface area contributed by atoms with Crippen molar-refractivity contribution in [3.8, 4) is 0 Å². The molecule has 7 nitrogen and oxygen atoms in total. The molecular formula is C21H37N5O2S. The number of aliphatic imine (C=N–C) groups is 1. The second-order valence-corrected chi connectivity index (χ2v) is 9.14. The number of hydrogen-bond acceptors (Lipinski definition) is 6. The maximum absolute atomic E-state index is 12.1. The van der Waals surface area contributed by atoms with E-state index in [-0.39, 0.29) is 17.6 Å². The first-order chi connectivity index (χ1) is 13.8. The van der Waals surface area contributed by atoms with Crippen molar-refractivity contribution in [3.05, 3.63) is 15.6 Å². The topological polar surface area (TPSA) is 78.9 Å². The molecule has 1 aliphatic heterocycles. The predicted molar refractivity (Wildman–Crippen MR) is 120 cm³/mol. The number of carbonyl (C=O) groups excluding carboxylic acids is 1. The number of esters is 1. The van der Waals surface area contributed by atoms with Gasteiger partial charge < -0.3 is 15.4 Å². The Kier molecular flexibility index (Phi) is 8.89. The molecule has 2 N–H and O–H groups in total. The van der Waals surface area contributed by atoms with Gasteiger partial charge in [-0.25, -0.2) is 9.78 Å². The van der Waals surface area contributed by atoms with Crippen LogP contribution in [0.25, 0.3) is 0 Å². The zero-order valence-corrected chi connectivity index (χ0v) is 19.6. The molecule has 8 heteroatoms. The summed E-state index contributed by atoms with van der Waals surface area (Å²) in [5.41, 5.74) is 0.742. The van der Waals surface area contributed by atoms with E-state index in [1.165, 1.54) is 30.6 Å². The lowest BCUT2D eigenvalue weighted by molar-refractivity contribution is 0.0531. The Morgan fingerprint density at radius 1 is 1.31 bits per heavy atom. The Morgan fingerprint density at radius 2 is 2.00 bits per heavy atom. The molecule has 1 unspecified atom stereocenters. The number of nitrogens with zero attached hydrogens (tertiary/aromatic N) is 3. The molecular weight excluding hydrogens is 386 g/mol. The predicted octanol–water partition coefficient (Wildman–Crippen LogP) is 3.51. The van der Waals surface area contributed by atoms with Gasteiger partial charge in [0.05, 0.1) is 24.9 Å². The summed E-state index contributed by atoms with van der Waals surface area (Å²) in [6.07, 6.45) is 3.88. The Labute approximate surface area is 179 Å². The van der Waals surface area contributed by atoms with Crippen LogP contribution in [0.1, 0.15) is 80.3 Å². The van der Waals surface area contributed by atoms with E-state index in [1.807, 2.05) is 20.8 Å². The van der Waals surface area contributed by atoms with Crippen LogP contribution in [0.15, 0.2) is 4.99 Å². The third kappa shape index (κ3) is 6.67. The van der Waals surface area contributed by atoms with Crippen LogP contribution in [0, 0.1) is 6.92 Å². The number of thiazole rings is 1. The zero-order chi connectivity index (χ0) is 21.4. The van der Waals surface area contributed by atoms with Crippen molar-refractivity contribution in [2.45, 2.75) is 72.4 Å². The fraction of sp³-hybridized carbons (Fsp3) is 0.762. The van der Waals surface area contributed by atoms with Gasteiger partial charge in [0.1, 0.15) is 9.88 Å². The number of piperidine rings is 1. The van der Waals surface area contributed by atoms with Crippen molar-refractivity contribution in [2.24, 2.45) is 4.99 Å². The lowest BCUT2D eigenvalue weighted by atomic mass is 9.99. The molecule has 2 rings (SSSR count). The van der Waals surface area contributed by atoms with Gasteiger partial charge in [0, 0.05) is 12.1 Å². The van der Waals surface area contributed by atoms with Gasteiger partial charge in [0.15, 0.2) is 5.96 Å². The largest absolute Gasteiger partial charge is 0.462 e. The minimum Gasteiger partial charge on any atom is -0.462 e. The first-order valence-corrected chi connectivity index (χ1v) is 11.5. The standard InChI is InChI=1S/C21H37N5O2S/c1-7-22-20(23-14-21(5,6)26-12-10-9-11-13-26)25-16(4)18-24-15(3)17(29-18)19(27)28-8-2/h16H,7-14H2,1-6H3,(H2,22,23,25). The zero-order valence-electron chi connectivity index (χ0n) is 18.8. The molecule has 1 aliphatic rings. The molecule has 1 atom stereocenters. The van der Waals surface area contributed by atoms with Crippen LogP contribution in [-0.2, 0) is 4.74 Å². The first kappa shape index (κ1) is 23.6. The molecule has 0 aliphatic carbocycles. The molecule has 2 heterocycles. The van der Waals surface area contributed by atoms with Crippen molar-refractivity contribution >= 4 is 23.3 Å². The first-order valence-electron chi connectivity index (χ1n) is 10.7. The van der Waals surface area contributed by atoms with E-state index in [9.17, 15) is 4.79 Å². The number of carbonyl (C=O) groups is 1. The number of aromatic nitrogens is 1. The number of aryl methyl sites for hydroxylation is 1. The second kappa shape index (κ2) is 10.9. The SMILES string of the molecule is CCNC(=NCC(C)(C)N1CCCCC1)NC(C)c1nc(C)c(C(=O)OCC)s1. The fourth-order valence-electron chi connectivity index (χ4n) is 3.45. The number of rotatable bonds is 8. The van der Waals surface area contributed by atoms with Gasteiger partial charge in [-0.05, 0) is 67.5 Å². The molecule has 0 saturated carbocycles. The lowest BCUT2D eigenvalue weighted by Crippen LogP contribution is -2.49. The highest BCUT2D eigenvalue weighted by Gasteiger charge is 2.28. The Bertz CT molecular complexity index is 695. The number of ether oxygens (including phenoxy) is 1. The summed E-state index contributed by atoms with van der Waals surface area (Å²) in [7, 11) is 0. The number of hydrogen-bond donors (Lipinski definition) is 2. The summed E-state index contributed by atoms with van der Waals surface area (Å²) < 4.78 is 5.13. The van der Waals surface area contributed by atoms with Gasteiger partial charge in [-0.2, -0.15) is 0 Å². The number of likely N-dealkylation sites (tertiary alicyclic amines) is 1. The van der Waals surface area contributed by atoms with E-state index in [0.717, 1.165) is 37.1 Å². The second-order valence-electron chi connectivity index (χ2n) is 8.11. The number of guanidine groups is 1. The van der Waals surface area contributed by atoms with Crippen molar-refractivity contribution < 1.29 is 9.53 Å². The van der Waals surface area contributed by atoms with Gasteiger partial charge in [0.2, 0.25) is 0 Å². The van der Waals surface area contributed by atoms with E-state index in [1.54, 1.807) is 0 Å². The molecule has 1 fully saturated rings. The summed E-state index contributed by atoms with van der Waals surface area (Å²) in [6, 6.07) is -0.0576. The van der Waals surface area contributed by atoms with E-state index >= 15 is 0 Å². The van der Waals surface area contributed by atoms with Crippen LogP contribution in [-0.4, -0.2) is 60.1 Å². The number of nitrogens with one attached hydrogen (secondary N) is 2. The van der Waals surface area contributed by atoms with E-state index < -0.39 is 0 Å². The molecule has 0 radical (unpaired) electrons.